The zero-order valence-corrected chi connectivity index (χ0v) is 11.3. The van der Waals surface area contributed by atoms with Crippen LogP contribution in [-0.4, -0.2) is 6.61 Å². The predicted molar refractivity (Wildman–Crippen MR) is 77.1 cm³/mol. The van der Waals surface area contributed by atoms with Gasteiger partial charge in [0.15, 0.2) is 0 Å². The van der Waals surface area contributed by atoms with E-state index in [1.807, 2.05) is 19.1 Å². The smallest absolute Gasteiger partial charge is 0.119 e. The molecule has 1 heteroatoms. The lowest BCUT2D eigenvalue weighted by Gasteiger charge is -2.09. The van der Waals surface area contributed by atoms with Crippen LogP contribution >= 0.6 is 0 Å². The van der Waals surface area contributed by atoms with Crippen LogP contribution in [0.4, 0.5) is 0 Å². The Kier molecular flexibility index (Phi) is 4.03. The third-order valence-corrected chi connectivity index (χ3v) is 3.05. The van der Waals surface area contributed by atoms with Gasteiger partial charge < -0.3 is 4.74 Å². The summed E-state index contributed by atoms with van der Waals surface area (Å²) in [7, 11) is 0. The molecule has 2 rings (SSSR count). The second-order valence-corrected chi connectivity index (χ2v) is 4.74. The van der Waals surface area contributed by atoms with Crippen LogP contribution in [0.5, 0.6) is 5.75 Å². The van der Waals surface area contributed by atoms with E-state index in [-0.39, 0.29) is 0 Å². The lowest BCUT2D eigenvalue weighted by Crippen LogP contribution is -1.91. The summed E-state index contributed by atoms with van der Waals surface area (Å²) >= 11 is 0. The first kappa shape index (κ1) is 12.7. The van der Waals surface area contributed by atoms with Gasteiger partial charge in [0.05, 0.1) is 6.61 Å². The van der Waals surface area contributed by atoms with Crippen molar-refractivity contribution in [1.82, 2.24) is 0 Å². The molecule has 1 nitrogen and oxygen atoms in total. The molecule has 0 N–H and O–H groups in total. The highest BCUT2D eigenvalue weighted by molar-refractivity contribution is 5.65. The highest BCUT2D eigenvalue weighted by Crippen LogP contribution is 2.25. The maximum absolute atomic E-state index is 5.46. The Hall–Kier alpha value is -1.76. The molecule has 0 amide bonds. The van der Waals surface area contributed by atoms with Gasteiger partial charge in [-0.2, -0.15) is 0 Å². The molecule has 2 aromatic rings. The summed E-state index contributed by atoms with van der Waals surface area (Å²) in [5.41, 5.74) is 3.88. The fraction of sp³-hybridized carbons (Fsp3) is 0.294. The van der Waals surface area contributed by atoms with Crippen LogP contribution < -0.4 is 4.74 Å². The van der Waals surface area contributed by atoms with Crippen molar-refractivity contribution in [3.63, 3.8) is 0 Å². The van der Waals surface area contributed by atoms with E-state index >= 15 is 0 Å². The topological polar surface area (TPSA) is 9.23 Å². The van der Waals surface area contributed by atoms with Gasteiger partial charge in [-0.3, -0.25) is 0 Å². The molecule has 94 valence electrons. The van der Waals surface area contributed by atoms with Crippen molar-refractivity contribution >= 4 is 0 Å². The highest BCUT2D eigenvalue weighted by Gasteiger charge is 2.02. The SMILES string of the molecule is CCOc1ccc(-c2cccc(C(C)C)c2)cc1. The molecule has 0 aliphatic rings. The fourth-order valence-corrected chi connectivity index (χ4v) is 1.99. The number of rotatable bonds is 4. The molecule has 0 heterocycles. The van der Waals surface area contributed by atoms with Crippen molar-refractivity contribution < 1.29 is 4.74 Å². The van der Waals surface area contributed by atoms with E-state index in [4.69, 9.17) is 4.74 Å². The van der Waals surface area contributed by atoms with Gasteiger partial charge in [0.25, 0.3) is 0 Å². The average Bonchev–Trinajstić information content (AvgIpc) is 2.40. The lowest BCUT2D eigenvalue weighted by molar-refractivity contribution is 0.340. The number of hydrogen-bond acceptors (Lipinski definition) is 1. The molecular weight excluding hydrogens is 220 g/mol. The zero-order valence-electron chi connectivity index (χ0n) is 11.3. The molecule has 0 aliphatic heterocycles. The third kappa shape index (κ3) is 2.92. The van der Waals surface area contributed by atoms with Crippen molar-refractivity contribution in [1.29, 1.82) is 0 Å². The molecule has 0 aromatic heterocycles. The summed E-state index contributed by atoms with van der Waals surface area (Å²) in [5.74, 6) is 1.49. The van der Waals surface area contributed by atoms with Crippen LogP contribution in [0.15, 0.2) is 48.5 Å². The molecule has 0 bridgehead atoms. The minimum atomic E-state index is 0.563. The van der Waals surface area contributed by atoms with Crippen LogP contribution in [-0.2, 0) is 0 Å². The van der Waals surface area contributed by atoms with Gasteiger partial charge in [0, 0.05) is 0 Å². The largest absolute Gasteiger partial charge is 0.494 e. The maximum atomic E-state index is 5.46. The van der Waals surface area contributed by atoms with Gasteiger partial charge >= 0.3 is 0 Å². The van der Waals surface area contributed by atoms with Crippen molar-refractivity contribution in [3.05, 3.63) is 54.1 Å². The standard InChI is InChI=1S/C17H20O/c1-4-18-17-10-8-14(9-11-17)16-7-5-6-15(12-16)13(2)3/h5-13H,4H2,1-3H3. The maximum Gasteiger partial charge on any atom is 0.119 e. The summed E-state index contributed by atoms with van der Waals surface area (Å²) < 4.78 is 5.46. The second kappa shape index (κ2) is 5.72. The number of hydrogen-bond donors (Lipinski definition) is 0. The first-order valence-corrected chi connectivity index (χ1v) is 6.54. The van der Waals surface area contributed by atoms with Gasteiger partial charge in [0.1, 0.15) is 5.75 Å². The summed E-state index contributed by atoms with van der Waals surface area (Å²) in [5, 5.41) is 0. The quantitative estimate of drug-likeness (QED) is 0.740. The van der Waals surface area contributed by atoms with E-state index in [0.717, 1.165) is 5.75 Å². The van der Waals surface area contributed by atoms with E-state index < -0.39 is 0 Å². The summed E-state index contributed by atoms with van der Waals surface area (Å²) in [6.45, 7) is 7.15. The van der Waals surface area contributed by atoms with Gasteiger partial charge in [-0.15, -0.1) is 0 Å². The lowest BCUT2D eigenvalue weighted by atomic mass is 9.97. The monoisotopic (exact) mass is 240 g/mol. The molecule has 18 heavy (non-hydrogen) atoms. The van der Waals surface area contributed by atoms with E-state index in [1.54, 1.807) is 0 Å². The minimum Gasteiger partial charge on any atom is -0.494 e. The summed E-state index contributed by atoms with van der Waals surface area (Å²) in [4.78, 5) is 0. The molecule has 0 fully saturated rings. The van der Waals surface area contributed by atoms with Crippen molar-refractivity contribution in [2.45, 2.75) is 26.7 Å². The Labute approximate surface area is 109 Å². The average molecular weight is 240 g/mol. The second-order valence-electron chi connectivity index (χ2n) is 4.74. The minimum absolute atomic E-state index is 0.563. The molecule has 0 atom stereocenters. The third-order valence-electron chi connectivity index (χ3n) is 3.05. The molecule has 0 saturated carbocycles. The number of benzene rings is 2. The molecule has 0 saturated heterocycles. The van der Waals surface area contributed by atoms with E-state index in [9.17, 15) is 0 Å². The first-order chi connectivity index (χ1) is 8.70. The fourth-order valence-electron chi connectivity index (χ4n) is 1.99. The molecular formula is C17H20O. The van der Waals surface area contributed by atoms with Crippen LogP contribution in [0.2, 0.25) is 0 Å². The van der Waals surface area contributed by atoms with Crippen LogP contribution in [0, 0.1) is 0 Å². The zero-order chi connectivity index (χ0) is 13.0. The predicted octanol–water partition coefficient (Wildman–Crippen LogP) is 4.88. The molecule has 0 unspecified atom stereocenters. The first-order valence-electron chi connectivity index (χ1n) is 6.54. The van der Waals surface area contributed by atoms with Crippen LogP contribution in [0.25, 0.3) is 11.1 Å². The van der Waals surface area contributed by atoms with Crippen LogP contribution in [0.1, 0.15) is 32.3 Å². The van der Waals surface area contributed by atoms with Crippen LogP contribution in [0.3, 0.4) is 0 Å². The Balaban J connectivity index is 2.28. The number of ether oxygens (including phenoxy) is 1. The van der Waals surface area contributed by atoms with Crippen molar-refractivity contribution in [2.75, 3.05) is 6.61 Å². The van der Waals surface area contributed by atoms with E-state index in [0.29, 0.717) is 12.5 Å². The normalized spacial score (nSPS) is 10.7. The Bertz CT molecular complexity index is 497. The summed E-state index contributed by atoms with van der Waals surface area (Å²) in [6, 6.07) is 17.0. The Morgan fingerprint density at radius 1 is 0.944 bits per heavy atom. The van der Waals surface area contributed by atoms with Gasteiger partial charge in [-0.05, 0) is 41.7 Å². The highest BCUT2D eigenvalue weighted by atomic mass is 16.5. The van der Waals surface area contributed by atoms with Gasteiger partial charge in [-0.25, -0.2) is 0 Å². The van der Waals surface area contributed by atoms with Crippen molar-refractivity contribution in [2.24, 2.45) is 0 Å². The molecule has 2 aromatic carbocycles. The molecule has 0 spiro atoms. The van der Waals surface area contributed by atoms with Gasteiger partial charge in [-0.1, -0.05) is 50.2 Å². The Morgan fingerprint density at radius 2 is 1.67 bits per heavy atom. The van der Waals surface area contributed by atoms with E-state index in [2.05, 4.69) is 50.2 Å². The van der Waals surface area contributed by atoms with E-state index in [1.165, 1.54) is 16.7 Å². The molecule has 0 aliphatic carbocycles. The molecule has 0 radical (unpaired) electrons. The Morgan fingerprint density at radius 3 is 2.28 bits per heavy atom. The summed E-state index contributed by atoms with van der Waals surface area (Å²) in [6.07, 6.45) is 0. The van der Waals surface area contributed by atoms with Gasteiger partial charge in [0.2, 0.25) is 0 Å². The van der Waals surface area contributed by atoms with Crippen molar-refractivity contribution in [3.8, 4) is 16.9 Å².